The van der Waals surface area contributed by atoms with Gasteiger partial charge in [-0.3, -0.25) is 0 Å². The number of aryl methyl sites for hydroxylation is 1. The quantitative estimate of drug-likeness (QED) is 0.800. The number of carbonyl (C=O) groups excluding carboxylic acids is 1. The summed E-state index contributed by atoms with van der Waals surface area (Å²) >= 11 is 0. The van der Waals surface area contributed by atoms with E-state index in [1.54, 1.807) is 24.3 Å². The van der Waals surface area contributed by atoms with Gasteiger partial charge in [-0.05, 0) is 31.2 Å². The van der Waals surface area contributed by atoms with Gasteiger partial charge in [0.25, 0.3) is 0 Å². The SMILES string of the molecule is Cc1ccc(NC(=O)Nc2ccc(F)c(F)c2F)cc1. The molecule has 0 aliphatic heterocycles. The van der Waals surface area contributed by atoms with Crippen LogP contribution < -0.4 is 10.6 Å². The second-order valence-corrected chi connectivity index (χ2v) is 4.17. The Balaban J connectivity index is 2.08. The topological polar surface area (TPSA) is 41.1 Å². The zero-order chi connectivity index (χ0) is 14.7. The molecule has 2 amide bonds. The molecule has 0 fully saturated rings. The highest BCUT2D eigenvalue weighted by molar-refractivity contribution is 5.99. The first-order valence-corrected chi connectivity index (χ1v) is 5.75. The third-order valence-corrected chi connectivity index (χ3v) is 2.59. The maximum Gasteiger partial charge on any atom is 0.323 e. The molecule has 2 N–H and O–H groups in total. The van der Waals surface area contributed by atoms with Gasteiger partial charge in [0, 0.05) is 5.69 Å². The molecule has 0 aromatic heterocycles. The number of anilines is 2. The Morgan fingerprint density at radius 1 is 0.900 bits per heavy atom. The summed E-state index contributed by atoms with van der Waals surface area (Å²) in [5.74, 6) is -4.38. The molecule has 20 heavy (non-hydrogen) atoms. The molecule has 2 aromatic carbocycles. The van der Waals surface area contributed by atoms with Gasteiger partial charge in [-0.2, -0.15) is 0 Å². The van der Waals surface area contributed by atoms with E-state index in [9.17, 15) is 18.0 Å². The average molecular weight is 280 g/mol. The summed E-state index contributed by atoms with van der Waals surface area (Å²) in [6, 6.07) is 7.83. The van der Waals surface area contributed by atoms with Gasteiger partial charge in [0.15, 0.2) is 17.5 Å². The monoisotopic (exact) mass is 280 g/mol. The summed E-state index contributed by atoms with van der Waals surface area (Å²) in [5, 5.41) is 4.56. The molecule has 6 heteroatoms. The van der Waals surface area contributed by atoms with Crippen LogP contribution in [0.3, 0.4) is 0 Å². The van der Waals surface area contributed by atoms with Crippen molar-refractivity contribution < 1.29 is 18.0 Å². The molecule has 0 aliphatic carbocycles. The highest BCUT2D eigenvalue weighted by Gasteiger charge is 2.15. The van der Waals surface area contributed by atoms with Gasteiger partial charge in [0.1, 0.15) is 0 Å². The minimum absolute atomic E-state index is 0.437. The van der Waals surface area contributed by atoms with Gasteiger partial charge in [-0.25, -0.2) is 18.0 Å². The lowest BCUT2D eigenvalue weighted by molar-refractivity contribution is 0.262. The minimum atomic E-state index is -1.63. The molecule has 0 bridgehead atoms. The number of rotatable bonds is 2. The maximum atomic E-state index is 13.4. The zero-order valence-electron chi connectivity index (χ0n) is 10.5. The number of amides is 2. The van der Waals surface area contributed by atoms with E-state index in [0.717, 1.165) is 17.7 Å². The Hall–Kier alpha value is -2.50. The van der Waals surface area contributed by atoms with Crippen molar-refractivity contribution in [1.82, 2.24) is 0 Å². The van der Waals surface area contributed by atoms with E-state index in [1.807, 2.05) is 6.92 Å². The van der Waals surface area contributed by atoms with E-state index in [-0.39, 0.29) is 0 Å². The van der Waals surface area contributed by atoms with Crippen LogP contribution in [0.1, 0.15) is 5.56 Å². The van der Waals surface area contributed by atoms with Crippen LogP contribution in [-0.4, -0.2) is 6.03 Å². The zero-order valence-corrected chi connectivity index (χ0v) is 10.5. The van der Waals surface area contributed by atoms with E-state index in [2.05, 4.69) is 10.6 Å². The number of benzene rings is 2. The molecule has 0 radical (unpaired) electrons. The van der Waals surface area contributed by atoms with Crippen LogP contribution in [0.15, 0.2) is 36.4 Å². The molecular formula is C14H11F3N2O. The number of hydrogen-bond acceptors (Lipinski definition) is 1. The fourth-order valence-electron chi connectivity index (χ4n) is 1.54. The molecule has 0 saturated carbocycles. The first kappa shape index (κ1) is 13.9. The molecule has 0 saturated heterocycles. The lowest BCUT2D eigenvalue weighted by Gasteiger charge is -2.09. The fraction of sp³-hybridized carbons (Fsp3) is 0.0714. The van der Waals surface area contributed by atoms with Crippen molar-refractivity contribution in [3.63, 3.8) is 0 Å². The summed E-state index contributed by atoms with van der Waals surface area (Å²) in [5.41, 5.74) is 1.08. The van der Waals surface area contributed by atoms with Crippen LogP contribution in [0.25, 0.3) is 0 Å². The van der Waals surface area contributed by atoms with E-state index in [4.69, 9.17) is 0 Å². The molecule has 0 aliphatic rings. The Labute approximate surface area is 113 Å². The predicted molar refractivity (Wildman–Crippen MR) is 70.1 cm³/mol. The average Bonchev–Trinajstić information content (AvgIpc) is 2.42. The van der Waals surface area contributed by atoms with Crippen molar-refractivity contribution in [3.8, 4) is 0 Å². The van der Waals surface area contributed by atoms with Crippen LogP contribution in [0.4, 0.5) is 29.3 Å². The van der Waals surface area contributed by atoms with E-state index in [0.29, 0.717) is 5.69 Å². The smallest absolute Gasteiger partial charge is 0.308 e. The molecule has 2 rings (SSSR count). The van der Waals surface area contributed by atoms with Gasteiger partial charge in [-0.15, -0.1) is 0 Å². The Kier molecular flexibility index (Phi) is 3.93. The maximum absolute atomic E-state index is 13.4. The molecule has 2 aromatic rings. The van der Waals surface area contributed by atoms with Crippen LogP contribution in [-0.2, 0) is 0 Å². The number of nitrogens with one attached hydrogen (secondary N) is 2. The number of carbonyl (C=O) groups is 1. The van der Waals surface area contributed by atoms with Crippen molar-refractivity contribution in [1.29, 1.82) is 0 Å². The molecule has 0 unspecified atom stereocenters. The molecule has 104 valence electrons. The predicted octanol–water partition coefficient (Wildman–Crippen LogP) is 4.06. The fourth-order valence-corrected chi connectivity index (χ4v) is 1.54. The normalized spacial score (nSPS) is 10.2. The van der Waals surface area contributed by atoms with E-state index in [1.165, 1.54) is 0 Å². The van der Waals surface area contributed by atoms with E-state index < -0.39 is 29.2 Å². The van der Waals surface area contributed by atoms with Crippen LogP contribution in [0.2, 0.25) is 0 Å². The lowest BCUT2D eigenvalue weighted by Crippen LogP contribution is -2.20. The molecular weight excluding hydrogens is 269 g/mol. The van der Waals surface area contributed by atoms with Crippen LogP contribution in [0.5, 0.6) is 0 Å². The summed E-state index contributed by atoms with van der Waals surface area (Å²) in [6.07, 6.45) is 0. The van der Waals surface area contributed by atoms with Gasteiger partial charge >= 0.3 is 6.03 Å². The van der Waals surface area contributed by atoms with Crippen molar-refractivity contribution in [2.24, 2.45) is 0 Å². The minimum Gasteiger partial charge on any atom is -0.308 e. The van der Waals surface area contributed by atoms with Gasteiger partial charge < -0.3 is 10.6 Å². The Morgan fingerprint density at radius 3 is 2.20 bits per heavy atom. The van der Waals surface area contributed by atoms with Crippen LogP contribution in [0, 0.1) is 24.4 Å². The van der Waals surface area contributed by atoms with Gasteiger partial charge in [0.2, 0.25) is 0 Å². The first-order chi connectivity index (χ1) is 9.47. The standard InChI is InChI=1S/C14H11F3N2O/c1-8-2-4-9(5-3-8)18-14(20)19-11-7-6-10(15)12(16)13(11)17/h2-7H,1H3,(H2,18,19,20). The summed E-state index contributed by atoms with van der Waals surface area (Å²) in [7, 11) is 0. The highest BCUT2D eigenvalue weighted by atomic mass is 19.2. The van der Waals surface area contributed by atoms with Crippen molar-refractivity contribution in [2.75, 3.05) is 10.6 Å². The van der Waals surface area contributed by atoms with E-state index >= 15 is 0 Å². The van der Waals surface area contributed by atoms with Gasteiger partial charge in [0.05, 0.1) is 5.69 Å². The Morgan fingerprint density at radius 2 is 1.55 bits per heavy atom. The summed E-state index contributed by atoms with van der Waals surface area (Å²) in [6.45, 7) is 1.89. The first-order valence-electron chi connectivity index (χ1n) is 5.75. The second-order valence-electron chi connectivity index (χ2n) is 4.17. The third-order valence-electron chi connectivity index (χ3n) is 2.59. The molecule has 3 nitrogen and oxygen atoms in total. The Bertz CT molecular complexity index is 642. The van der Waals surface area contributed by atoms with Crippen molar-refractivity contribution in [2.45, 2.75) is 6.92 Å². The molecule has 0 spiro atoms. The summed E-state index contributed by atoms with van der Waals surface area (Å²) < 4.78 is 39.1. The second kappa shape index (κ2) is 5.64. The molecule has 0 heterocycles. The van der Waals surface area contributed by atoms with Crippen LogP contribution >= 0.6 is 0 Å². The number of hydrogen-bond donors (Lipinski definition) is 2. The highest BCUT2D eigenvalue weighted by Crippen LogP contribution is 2.20. The van der Waals surface area contributed by atoms with Crippen molar-refractivity contribution >= 4 is 17.4 Å². The molecule has 0 atom stereocenters. The largest absolute Gasteiger partial charge is 0.323 e. The summed E-state index contributed by atoms with van der Waals surface area (Å²) in [4.78, 5) is 11.6. The third kappa shape index (κ3) is 3.09. The number of halogens is 3. The van der Waals surface area contributed by atoms with Crippen molar-refractivity contribution in [3.05, 3.63) is 59.4 Å². The van der Waals surface area contributed by atoms with Gasteiger partial charge in [-0.1, -0.05) is 17.7 Å². The number of urea groups is 1. The lowest BCUT2D eigenvalue weighted by atomic mass is 10.2.